The molecule has 19 nitrogen and oxygen atoms in total. The second kappa shape index (κ2) is 71.1. The van der Waals surface area contributed by atoms with E-state index in [1.165, 1.54) is 50.5 Å². The van der Waals surface area contributed by atoms with Crippen molar-refractivity contribution in [2.45, 2.75) is 164 Å². The van der Waals surface area contributed by atoms with Gasteiger partial charge in [0.05, 0.1) is 45.7 Å². The predicted molar refractivity (Wildman–Crippen MR) is 482 cm³/mol. The maximum Gasteiger partial charge on any atom is 0.339 e. The molecule has 109 heavy (non-hydrogen) atoms. The van der Waals surface area contributed by atoms with E-state index < -0.39 is 10.4 Å². The van der Waals surface area contributed by atoms with Gasteiger partial charge in [-0.1, -0.05) is 65.5 Å². The second-order valence-electron chi connectivity index (χ2n) is 24.0. The zero-order valence-electron chi connectivity index (χ0n) is 64.6. The largest absolute Gasteiger partial charge is 0.339 e. The summed E-state index contributed by atoms with van der Waals surface area (Å²) in [6.07, 6.45) is 20.8. The van der Waals surface area contributed by atoms with Crippen molar-refractivity contribution in [2.75, 3.05) is 106 Å². The van der Waals surface area contributed by atoms with E-state index in [-0.39, 0.29) is 67.7 Å². The molecule has 2 aliphatic rings. The van der Waals surface area contributed by atoms with Gasteiger partial charge < -0.3 is 43.9 Å². The molecular weight excluding hydrogens is 2020 g/mol. The third kappa shape index (κ3) is 54.1. The van der Waals surface area contributed by atoms with Crippen LogP contribution in [0.4, 0.5) is 28.4 Å². The molecule has 0 aliphatic carbocycles. The zero-order chi connectivity index (χ0) is 81.3. The number of anilines is 3. The molecule has 0 bridgehead atoms. The number of alkyl halides is 1. The number of piperidine rings is 2. The van der Waals surface area contributed by atoms with Gasteiger partial charge >= 0.3 is 73.6 Å². The average Bonchev–Trinajstić information content (AvgIpc) is 0.787. The normalized spacial score (nSPS) is 15.6. The molecule has 4 atom stereocenters. The Hall–Kier alpha value is -3.50. The number of ether oxygens (including phenoxy) is 5. The van der Waals surface area contributed by atoms with E-state index in [4.69, 9.17) is 40.4 Å². The summed E-state index contributed by atoms with van der Waals surface area (Å²) in [5, 5.41) is 9.23. The van der Waals surface area contributed by atoms with Crippen LogP contribution in [0, 0.1) is 0 Å². The number of aldehydes is 3. The monoisotopic (exact) mass is 2130 g/mol. The number of carbonyl (C=O) groups is 7. The van der Waals surface area contributed by atoms with Crippen molar-refractivity contribution < 1.29 is 80.2 Å². The summed E-state index contributed by atoms with van der Waals surface area (Å²) in [7, 11) is 0. The Morgan fingerprint density at radius 1 is 0.596 bits per heavy atom. The Morgan fingerprint density at radius 2 is 0.982 bits per heavy atom. The number of rotatable bonds is 35. The van der Waals surface area contributed by atoms with Gasteiger partial charge in [-0.05, 0) is 267 Å². The summed E-state index contributed by atoms with van der Waals surface area (Å²) in [5.41, 5.74) is 7.98. The Labute approximate surface area is 725 Å². The van der Waals surface area contributed by atoms with Gasteiger partial charge in [-0.25, -0.2) is 0 Å². The number of nitrogens with one attached hydrogen (secondary N) is 1. The molecule has 2 saturated heterocycles. The number of hydrogen-bond donors (Lipinski definition) is 2. The summed E-state index contributed by atoms with van der Waals surface area (Å²) >= 11 is 27.2. The second-order valence-corrected chi connectivity index (χ2v) is 48.1. The first-order valence-electron chi connectivity index (χ1n) is 36.4. The molecular formula is C80H118BrCl4I4N5O14P+. The number of unbranched alkanes of at least 4 members (excludes halogenated alkanes) is 6. The van der Waals surface area contributed by atoms with E-state index in [2.05, 4.69) is 186 Å². The summed E-state index contributed by atoms with van der Waals surface area (Å²) in [5.74, 6) is -0.579. The maximum absolute atomic E-state index is 11.4. The molecule has 5 aromatic carbocycles. The molecule has 2 N–H and O–H groups in total. The van der Waals surface area contributed by atoms with Crippen molar-refractivity contribution in [1.29, 1.82) is 0 Å². The fourth-order valence-electron chi connectivity index (χ4n) is 11.4. The molecule has 7 rings (SSSR count). The minimum Gasteiger partial charge on any atom is -0.271 e. The number of nitrogens with zero attached hydrogens (tertiary/aromatic N) is 4. The molecule has 4 unspecified atom stereocenters. The first-order chi connectivity index (χ1) is 51.8. The first-order valence-corrected chi connectivity index (χ1v) is 54.9. The number of likely N-dealkylation sites (tertiary alicyclic amines) is 2. The Morgan fingerprint density at radius 3 is 1.33 bits per heavy atom. The van der Waals surface area contributed by atoms with Crippen molar-refractivity contribution in [3.63, 3.8) is 0 Å². The zero-order valence-corrected chi connectivity index (χ0v) is 78.9. The van der Waals surface area contributed by atoms with Gasteiger partial charge in [0.2, 0.25) is 17.7 Å². The maximum atomic E-state index is 11.4. The van der Waals surface area contributed by atoms with Gasteiger partial charge in [0.15, 0.2) is 6.79 Å². The van der Waals surface area contributed by atoms with Gasteiger partial charge in [-0.15, -0.1) is 24.0 Å². The van der Waals surface area contributed by atoms with E-state index in [0.717, 1.165) is 195 Å². The number of carbonyl (C=O) groups excluding carboxylic acids is 7. The third-order valence-electron chi connectivity index (χ3n) is 16.7. The van der Waals surface area contributed by atoms with Gasteiger partial charge in [-0.2, -0.15) is 0 Å². The molecule has 2 fully saturated rings. The SMILES string of the molecule is C=CC(=O)Cl.C=COCOCCCCCN(CC)c1ccc(C=O)cc1.CC(=O)OCCCCCBr.CCN(CCCCCO)c1ccc(C=O)cc1.CCNc1ccccc1.CC[N+]1(c2ccc(C=O)cc2)CCCCC1OC(C)=O.CC[N+]1(c2ccccc2)CCCCC1OC(C)=O.I.I[I-]I.O=P(Cl)(Cl)Cl. The Balaban J connectivity index is -0.00000121. The molecule has 0 spiro atoms. The summed E-state index contributed by atoms with van der Waals surface area (Å²) in [6, 6.07) is 43.6. The molecule has 29 heteroatoms. The van der Waals surface area contributed by atoms with E-state index in [1.54, 1.807) is 0 Å². The molecule has 2 aliphatic heterocycles. The number of halogens is 9. The van der Waals surface area contributed by atoms with Crippen LogP contribution in [0.5, 0.6) is 0 Å². The van der Waals surface area contributed by atoms with Gasteiger partial charge in [0.25, 0.3) is 0 Å². The summed E-state index contributed by atoms with van der Waals surface area (Å²) in [4.78, 5) is 79.0. The average molecular weight is 2130 g/mol. The first kappa shape index (κ1) is 110. The number of benzene rings is 5. The van der Waals surface area contributed by atoms with E-state index >= 15 is 0 Å². The fraction of sp³-hybridized carbons (Fsp3) is 0.487. The van der Waals surface area contributed by atoms with Crippen molar-refractivity contribution in [3.05, 3.63) is 176 Å². The van der Waals surface area contributed by atoms with Crippen LogP contribution in [0.15, 0.2) is 159 Å². The van der Waals surface area contributed by atoms with Crippen LogP contribution in [0.25, 0.3) is 0 Å². The molecule has 0 saturated carbocycles. The minimum absolute atomic E-state index is 0. The molecule has 614 valence electrons. The summed E-state index contributed by atoms with van der Waals surface area (Å²) in [6.45, 7) is 32.2. The van der Waals surface area contributed by atoms with Crippen LogP contribution < -0.4 is 37.3 Å². The van der Waals surface area contributed by atoms with Crippen LogP contribution in [0.1, 0.15) is 183 Å². The number of aliphatic hydroxyl groups is 1. The summed E-state index contributed by atoms with van der Waals surface area (Å²) < 4.78 is 37.0. The van der Waals surface area contributed by atoms with Crippen LogP contribution in [-0.4, -0.2) is 150 Å². The van der Waals surface area contributed by atoms with Gasteiger partial charge in [0.1, 0.15) is 30.2 Å². The van der Waals surface area contributed by atoms with Gasteiger partial charge in [0, 0.05) is 112 Å². The molecule has 0 aromatic heterocycles. The van der Waals surface area contributed by atoms with Crippen molar-refractivity contribution >= 4 is 198 Å². The third-order valence-corrected chi connectivity index (χ3v) is 17.4. The van der Waals surface area contributed by atoms with E-state index in [0.29, 0.717) is 47.6 Å². The van der Waals surface area contributed by atoms with E-state index in [9.17, 15) is 38.1 Å². The number of quaternary nitrogens is 2. The van der Waals surface area contributed by atoms with E-state index in [1.807, 2.05) is 97.1 Å². The number of hydrogen-bond acceptors (Lipinski definition) is 17. The number of allylic oxidation sites excluding steroid dienone is 1. The topological polar surface area (TPSA) is 221 Å². The Kier molecular flexibility index (Phi) is 71.5. The van der Waals surface area contributed by atoms with Crippen LogP contribution >= 0.6 is 128 Å². The minimum atomic E-state index is -3.22. The fourth-order valence-corrected chi connectivity index (χ4v) is 11.8. The quantitative estimate of drug-likeness (QED) is 0.00313. The molecule has 0 amide bonds. The number of esters is 3. The van der Waals surface area contributed by atoms with Gasteiger partial charge in [-0.3, -0.25) is 47.1 Å². The number of aliphatic hydroxyl groups excluding tert-OH is 1. The predicted octanol–water partition coefficient (Wildman–Crippen LogP) is 19.5. The van der Waals surface area contributed by atoms with Crippen LogP contribution in [0.2, 0.25) is 0 Å². The van der Waals surface area contributed by atoms with Crippen molar-refractivity contribution in [3.8, 4) is 0 Å². The number of para-hydroxylation sites is 2. The Bertz CT molecular complexity index is 3220. The molecule has 5 aromatic rings. The van der Waals surface area contributed by atoms with Crippen LogP contribution in [0.3, 0.4) is 0 Å². The van der Waals surface area contributed by atoms with Crippen molar-refractivity contribution in [1.82, 2.24) is 8.97 Å². The standard InChI is InChI=1S/C17H25NO3.C16H22NO3.C15H22NO2.C14H21NO2.C8H11N.C7H13BrO2.C3H3ClO.Cl3OP.I3.HI/c1-3-18(17-10-8-16(14-19)9-11-17)12-6-5-7-13-21-15-20-4-2;1-3-17(15-9-7-14(12-18)8-10-15)11-5-4-6-16(17)20-13(2)19;1-3-16(14-9-5-4-6-10-14)12-8-7-11-15(16)18-13(2)17;1-2-15(10-4-3-5-11-16)14-8-6-13(12-17)7-9-14;1-2-9-8-6-4-3-5-7-8;1-7(9)10-6-4-2-3-5-8;1-2-3(4)5;1-5(2,3)4;1-3-2;/h4,8-11,14H,2-3,5-7,12-13,15H2,1H3;7-10,12,16H,3-6,11H2,1-2H3;4-6,9-10,15H,3,7-8,11-12H2,1-2H3;6-9,12,16H,2-5,10-11H2,1H3;3-7,9H,2H2,1H3;2-6H2,1H3;2H,1H2;;;1H/q;2*+1;;;;;;-1;. The molecule has 0 radical (unpaired) electrons. The smallest absolute Gasteiger partial charge is 0.271 e. The van der Waals surface area contributed by atoms with Crippen LogP contribution in [-0.2, 0) is 47.4 Å². The molecule has 2 heterocycles. The van der Waals surface area contributed by atoms with Crippen molar-refractivity contribution in [2.24, 2.45) is 0 Å².